The van der Waals surface area contributed by atoms with Crippen LogP contribution in [0.5, 0.6) is 0 Å². The van der Waals surface area contributed by atoms with E-state index in [1.54, 1.807) is 0 Å². The van der Waals surface area contributed by atoms with Crippen molar-refractivity contribution >= 4 is 5.91 Å². The highest BCUT2D eigenvalue weighted by atomic mass is 19.4. The molecule has 1 aromatic rings. The molecule has 7 heteroatoms. The maximum atomic E-state index is 12.3. The van der Waals surface area contributed by atoms with Crippen LogP contribution in [0, 0.1) is 6.92 Å². The summed E-state index contributed by atoms with van der Waals surface area (Å²) in [7, 11) is 0. The highest BCUT2D eigenvalue weighted by molar-refractivity contribution is 5.95. The molecule has 0 aliphatic rings. The number of nitrogens with zero attached hydrogens (tertiary/aromatic N) is 2. The topological polar surface area (TPSA) is 53.4 Å². The molecule has 0 fully saturated rings. The van der Waals surface area contributed by atoms with Crippen LogP contribution in [0.15, 0.2) is 18.3 Å². The van der Waals surface area contributed by atoms with E-state index < -0.39 is 25.2 Å². The number of aryl methyl sites for hydroxylation is 1. The lowest BCUT2D eigenvalue weighted by molar-refractivity contribution is -0.141. The van der Waals surface area contributed by atoms with E-state index in [4.69, 9.17) is 5.11 Å². The molecule has 1 rings (SSSR count). The summed E-state index contributed by atoms with van der Waals surface area (Å²) >= 11 is 0. The van der Waals surface area contributed by atoms with Crippen LogP contribution in [-0.2, 0) is 0 Å². The Morgan fingerprint density at radius 2 is 2.17 bits per heavy atom. The number of aliphatic hydroxyl groups is 1. The number of alkyl halides is 3. The molecule has 0 aliphatic heterocycles. The lowest BCUT2D eigenvalue weighted by Crippen LogP contribution is -2.41. The number of halogens is 3. The number of aromatic nitrogens is 1. The zero-order valence-electron chi connectivity index (χ0n) is 9.74. The number of aliphatic hydroxyl groups excluding tert-OH is 1. The third kappa shape index (κ3) is 3.99. The first-order chi connectivity index (χ1) is 8.35. The molecule has 18 heavy (non-hydrogen) atoms. The Kier molecular flexibility index (Phi) is 4.66. The molecule has 1 amide bonds. The molecule has 0 spiro atoms. The third-order valence-electron chi connectivity index (χ3n) is 2.26. The second-order valence-corrected chi connectivity index (χ2v) is 3.70. The molecule has 1 N–H and O–H groups in total. The first-order valence-corrected chi connectivity index (χ1v) is 5.23. The summed E-state index contributed by atoms with van der Waals surface area (Å²) in [5.74, 6) is -0.785. The van der Waals surface area contributed by atoms with Crippen molar-refractivity contribution in [3.8, 4) is 0 Å². The van der Waals surface area contributed by atoms with Gasteiger partial charge in [0.2, 0.25) is 0 Å². The van der Waals surface area contributed by atoms with E-state index in [2.05, 4.69) is 4.98 Å². The van der Waals surface area contributed by atoms with Crippen molar-refractivity contribution in [2.75, 3.05) is 19.7 Å². The molecule has 0 aliphatic carbocycles. The molecule has 1 aromatic heterocycles. The Morgan fingerprint density at radius 1 is 1.50 bits per heavy atom. The number of carbonyl (C=O) groups is 1. The van der Waals surface area contributed by atoms with Gasteiger partial charge in [-0.3, -0.25) is 9.78 Å². The lowest BCUT2D eigenvalue weighted by atomic mass is 10.2. The quantitative estimate of drug-likeness (QED) is 0.892. The number of amides is 1. The van der Waals surface area contributed by atoms with Crippen LogP contribution in [0.2, 0.25) is 0 Å². The Labute approximate surface area is 102 Å². The minimum Gasteiger partial charge on any atom is -0.395 e. The summed E-state index contributed by atoms with van der Waals surface area (Å²) in [5, 5.41) is 8.72. The number of pyridine rings is 1. The van der Waals surface area contributed by atoms with Gasteiger partial charge in [-0.1, -0.05) is 0 Å². The van der Waals surface area contributed by atoms with Crippen LogP contribution in [-0.4, -0.2) is 46.8 Å². The van der Waals surface area contributed by atoms with Gasteiger partial charge in [-0.05, 0) is 19.1 Å². The van der Waals surface area contributed by atoms with Crippen molar-refractivity contribution in [2.45, 2.75) is 13.1 Å². The molecular formula is C11H13F3N2O2. The van der Waals surface area contributed by atoms with Gasteiger partial charge in [-0.2, -0.15) is 13.2 Å². The van der Waals surface area contributed by atoms with Crippen LogP contribution >= 0.6 is 0 Å². The largest absolute Gasteiger partial charge is 0.406 e. The molecule has 0 radical (unpaired) electrons. The van der Waals surface area contributed by atoms with Gasteiger partial charge in [0, 0.05) is 18.4 Å². The van der Waals surface area contributed by atoms with Gasteiger partial charge in [0.25, 0.3) is 5.91 Å². The predicted molar refractivity (Wildman–Crippen MR) is 58.0 cm³/mol. The normalized spacial score (nSPS) is 11.4. The third-order valence-corrected chi connectivity index (χ3v) is 2.26. The van der Waals surface area contributed by atoms with Crippen molar-refractivity contribution in [2.24, 2.45) is 0 Å². The predicted octanol–water partition coefficient (Wildman–Crippen LogP) is 1.39. The zero-order chi connectivity index (χ0) is 13.8. The smallest absolute Gasteiger partial charge is 0.395 e. The van der Waals surface area contributed by atoms with Crippen molar-refractivity contribution in [3.05, 3.63) is 29.6 Å². The summed E-state index contributed by atoms with van der Waals surface area (Å²) in [6.07, 6.45) is -3.05. The second-order valence-electron chi connectivity index (χ2n) is 3.70. The monoisotopic (exact) mass is 262 g/mol. The fourth-order valence-corrected chi connectivity index (χ4v) is 1.47. The molecule has 0 aromatic carbocycles. The molecule has 1 heterocycles. The number of rotatable bonds is 4. The van der Waals surface area contributed by atoms with Gasteiger partial charge in [0.05, 0.1) is 12.2 Å². The number of hydrogen-bond donors (Lipinski definition) is 1. The van der Waals surface area contributed by atoms with E-state index in [1.165, 1.54) is 25.3 Å². The molecule has 0 saturated heterocycles. The molecule has 0 unspecified atom stereocenters. The Hall–Kier alpha value is -1.63. The van der Waals surface area contributed by atoms with E-state index in [1.807, 2.05) is 0 Å². The summed E-state index contributed by atoms with van der Waals surface area (Å²) in [6.45, 7) is -0.744. The summed E-state index contributed by atoms with van der Waals surface area (Å²) in [6, 6.07) is 2.89. The van der Waals surface area contributed by atoms with Crippen LogP contribution < -0.4 is 0 Å². The van der Waals surface area contributed by atoms with Crippen molar-refractivity contribution in [3.63, 3.8) is 0 Å². The number of carbonyl (C=O) groups excluding carboxylic acids is 1. The van der Waals surface area contributed by atoms with E-state index in [0.717, 1.165) is 0 Å². The second kappa shape index (κ2) is 5.81. The first-order valence-electron chi connectivity index (χ1n) is 5.23. The standard InChI is InChI=1S/C11H13F3N2O2/c1-8-9(3-2-4-15-8)10(18)16(5-6-17)7-11(12,13)14/h2-4,17H,5-7H2,1H3. The van der Waals surface area contributed by atoms with Crippen molar-refractivity contribution in [1.82, 2.24) is 9.88 Å². The van der Waals surface area contributed by atoms with Gasteiger partial charge in [0.15, 0.2) is 0 Å². The average Bonchev–Trinajstić information content (AvgIpc) is 2.26. The molecular weight excluding hydrogens is 249 g/mol. The SMILES string of the molecule is Cc1ncccc1C(=O)N(CCO)CC(F)(F)F. The lowest BCUT2D eigenvalue weighted by Gasteiger charge is -2.23. The van der Waals surface area contributed by atoms with Crippen LogP contribution in [0.4, 0.5) is 13.2 Å². The molecule has 0 atom stereocenters. The Morgan fingerprint density at radius 3 is 2.67 bits per heavy atom. The van der Waals surface area contributed by atoms with E-state index in [9.17, 15) is 18.0 Å². The van der Waals surface area contributed by atoms with E-state index >= 15 is 0 Å². The molecule has 0 bridgehead atoms. The molecule has 4 nitrogen and oxygen atoms in total. The maximum absolute atomic E-state index is 12.3. The van der Waals surface area contributed by atoms with Crippen LogP contribution in [0.3, 0.4) is 0 Å². The summed E-state index contributed by atoms with van der Waals surface area (Å²) < 4.78 is 36.9. The van der Waals surface area contributed by atoms with Crippen molar-refractivity contribution in [1.29, 1.82) is 0 Å². The average molecular weight is 262 g/mol. The van der Waals surface area contributed by atoms with E-state index in [0.29, 0.717) is 10.6 Å². The van der Waals surface area contributed by atoms with Gasteiger partial charge in [-0.25, -0.2) is 0 Å². The molecule has 0 saturated carbocycles. The van der Waals surface area contributed by atoms with Gasteiger partial charge >= 0.3 is 6.18 Å². The zero-order valence-corrected chi connectivity index (χ0v) is 9.74. The Balaban J connectivity index is 2.93. The fraction of sp³-hybridized carbons (Fsp3) is 0.455. The van der Waals surface area contributed by atoms with Crippen LogP contribution in [0.1, 0.15) is 16.1 Å². The van der Waals surface area contributed by atoms with Crippen molar-refractivity contribution < 1.29 is 23.1 Å². The first kappa shape index (κ1) is 14.4. The Bertz CT molecular complexity index is 421. The van der Waals surface area contributed by atoms with Gasteiger partial charge in [-0.15, -0.1) is 0 Å². The summed E-state index contributed by atoms with van der Waals surface area (Å²) in [4.78, 5) is 16.3. The van der Waals surface area contributed by atoms with Gasteiger partial charge in [0.1, 0.15) is 6.54 Å². The highest BCUT2D eigenvalue weighted by Crippen LogP contribution is 2.18. The molecule has 100 valence electrons. The van der Waals surface area contributed by atoms with E-state index in [-0.39, 0.29) is 12.1 Å². The highest BCUT2D eigenvalue weighted by Gasteiger charge is 2.33. The number of hydrogen-bond acceptors (Lipinski definition) is 3. The maximum Gasteiger partial charge on any atom is 0.406 e. The minimum atomic E-state index is -4.50. The fourth-order valence-electron chi connectivity index (χ4n) is 1.47. The van der Waals surface area contributed by atoms with Gasteiger partial charge < -0.3 is 10.0 Å². The summed E-state index contributed by atoms with van der Waals surface area (Å²) in [5.41, 5.74) is 0.461. The van der Waals surface area contributed by atoms with Crippen LogP contribution in [0.25, 0.3) is 0 Å². The minimum absolute atomic E-state index is 0.107.